The number of sulfonamides is 1. The Labute approximate surface area is 153 Å². The molecule has 0 bridgehead atoms. The molecule has 3 aromatic carbocycles. The van der Waals surface area contributed by atoms with Crippen LogP contribution in [0.25, 0.3) is 0 Å². The van der Waals surface area contributed by atoms with Crippen LogP contribution < -0.4 is 4.72 Å². The van der Waals surface area contributed by atoms with E-state index >= 15 is 0 Å². The third kappa shape index (κ3) is 4.36. The Morgan fingerprint density at radius 1 is 0.769 bits per heavy atom. The SMILES string of the molecule is O=S(=O)(NCCC(c1ccccc1)c1ccccc1)c1ccccc1F. The molecule has 3 rings (SSSR count). The summed E-state index contributed by atoms with van der Waals surface area (Å²) in [5.41, 5.74) is 2.23. The van der Waals surface area contributed by atoms with Crippen molar-refractivity contribution in [3.63, 3.8) is 0 Å². The van der Waals surface area contributed by atoms with E-state index in [1.54, 1.807) is 0 Å². The Morgan fingerprint density at radius 3 is 1.81 bits per heavy atom. The Bertz CT molecular complexity index is 905. The molecule has 0 saturated heterocycles. The van der Waals surface area contributed by atoms with Gasteiger partial charge in [0.1, 0.15) is 10.7 Å². The maximum atomic E-state index is 13.8. The summed E-state index contributed by atoms with van der Waals surface area (Å²) in [7, 11) is -3.88. The second-order valence-corrected chi connectivity index (χ2v) is 7.73. The van der Waals surface area contributed by atoms with Crippen molar-refractivity contribution >= 4 is 10.0 Å². The quantitative estimate of drug-likeness (QED) is 0.674. The van der Waals surface area contributed by atoms with Gasteiger partial charge in [0.15, 0.2) is 0 Å². The van der Waals surface area contributed by atoms with Crippen molar-refractivity contribution in [2.24, 2.45) is 0 Å². The molecular formula is C21H20FNO2S. The molecule has 0 fully saturated rings. The van der Waals surface area contributed by atoms with Crippen molar-refractivity contribution in [2.45, 2.75) is 17.2 Å². The van der Waals surface area contributed by atoms with Gasteiger partial charge in [0.25, 0.3) is 0 Å². The molecule has 0 aromatic heterocycles. The van der Waals surface area contributed by atoms with Crippen LogP contribution in [0.15, 0.2) is 89.8 Å². The van der Waals surface area contributed by atoms with Crippen molar-refractivity contribution in [2.75, 3.05) is 6.54 Å². The lowest BCUT2D eigenvalue weighted by Crippen LogP contribution is -2.27. The van der Waals surface area contributed by atoms with E-state index in [9.17, 15) is 12.8 Å². The van der Waals surface area contributed by atoms with Gasteiger partial charge in [-0.2, -0.15) is 0 Å². The van der Waals surface area contributed by atoms with Crippen LogP contribution in [-0.2, 0) is 10.0 Å². The molecule has 1 N–H and O–H groups in total. The third-order valence-corrected chi connectivity index (χ3v) is 5.75. The van der Waals surface area contributed by atoms with Crippen LogP contribution >= 0.6 is 0 Å². The smallest absolute Gasteiger partial charge is 0.211 e. The minimum Gasteiger partial charge on any atom is -0.211 e. The summed E-state index contributed by atoms with van der Waals surface area (Å²) in [5.74, 6) is -0.691. The van der Waals surface area contributed by atoms with Gasteiger partial charge in [0.2, 0.25) is 10.0 Å². The summed E-state index contributed by atoms with van der Waals surface area (Å²) in [6.07, 6.45) is 0.571. The summed E-state index contributed by atoms with van der Waals surface area (Å²) >= 11 is 0. The predicted octanol–water partition coefficient (Wildman–Crippen LogP) is 4.33. The first kappa shape index (κ1) is 18.3. The monoisotopic (exact) mass is 369 g/mol. The van der Waals surface area contributed by atoms with Crippen LogP contribution in [-0.4, -0.2) is 15.0 Å². The van der Waals surface area contributed by atoms with E-state index < -0.39 is 15.8 Å². The fourth-order valence-corrected chi connectivity index (χ4v) is 4.10. The largest absolute Gasteiger partial charge is 0.243 e. The molecule has 3 aromatic rings. The van der Waals surface area contributed by atoms with Crippen LogP contribution in [0.2, 0.25) is 0 Å². The summed E-state index contributed by atoms with van der Waals surface area (Å²) in [4.78, 5) is -0.323. The number of rotatable bonds is 7. The third-order valence-electron chi connectivity index (χ3n) is 4.26. The van der Waals surface area contributed by atoms with Gasteiger partial charge in [-0.15, -0.1) is 0 Å². The summed E-state index contributed by atoms with van der Waals surface area (Å²) in [6.45, 7) is 0.213. The van der Waals surface area contributed by atoms with Crippen LogP contribution in [0, 0.1) is 5.82 Å². The summed E-state index contributed by atoms with van der Waals surface area (Å²) < 4.78 is 41.0. The molecule has 0 saturated carbocycles. The van der Waals surface area contributed by atoms with Crippen LogP contribution in [0.4, 0.5) is 4.39 Å². The number of hydrogen-bond acceptors (Lipinski definition) is 2. The van der Waals surface area contributed by atoms with E-state index in [1.807, 2.05) is 60.7 Å². The summed E-state index contributed by atoms with van der Waals surface area (Å²) in [5, 5.41) is 0. The molecule has 0 aliphatic carbocycles. The molecule has 0 aliphatic heterocycles. The Balaban J connectivity index is 1.76. The Morgan fingerprint density at radius 2 is 1.27 bits per heavy atom. The van der Waals surface area contributed by atoms with Crippen molar-refractivity contribution in [3.05, 3.63) is 102 Å². The van der Waals surface area contributed by atoms with Gasteiger partial charge < -0.3 is 0 Å². The molecule has 0 unspecified atom stereocenters. The fraction of sp³-hybridized carbons (Fsp3) is 0.143. The fourth-order valence-electron chi connectivity index (χ4n) is 2.97. The number of nitrogens with one attached hydrogen (secondary N) is 1. The molecule has 3 nitrogen and oxygen atoms in total. The van der Waals surface area contributed by atoms with E-state index in [1.165, 1.54) is 18.2 Å². The lowest BCUT2D eigenvalue weighted by atomic mass is 9.89. The maximum absolute atomic E-state index is 13.8. The van der Waals surface area contributed by atoms with E-state index in [-0.39, 0.29) is 17.4 Å². The Kier molecular flexibility index (Phi) is 5.81. The Hall–Kier alpha value is -2.50. The molecule has 0 heterocycles. The van der Waals surface area contributed by atoms with E-state index in [0.717, 1.165) is 17.2 Å². The summed E-state index contributed by atoms with van der Waals surface area (Å²) in [6, 6.07) is 25.3. The average Bonchev–Trinajstić information content (AvgIpc) is 2.67. The lowest BCUT2D eigenvalue weighted by Gasteiger charge is -2.18. The van der Waals surface area contributed by atoms with Gasteiger partial charge in [-0.3, -0.25) is 0 Å². The first-order chi connectivity index (χ1) is 12.6. The minimum atomic E-state index is -3.88. The average molecular weight is 369 g/mol. The first-order valence-corrected chi connectivity index (χ1v) is 9.90. The van der Waals surface area contributed by atoms with Crippen LogP contribution in [0.1, 0.15) is 23.5 Å². The molecule has 0 amide bonds. The lowest BCUT2D eigenvalue weighted by molar-refractivity contribution is 0.553. The van der Waals surface area contributed by atoms with Gasteiger partial charge in [0, 0.05) is 12.5 Å². The normalized spacial score (nSPS) is 11.6. The second kappa shape index (κ2) is 8.25. The minimum absolute atomic E-state index is 0.0562. The standard InChI is InChI=1S/C21H20FNO2S/c22-20-13-7-8-14-21(20)26(24,25)23-16-15-19(17-9-3-1-4-10-17)18-11-5-2-6-12-18/h1-14,19,23H,15-16H2. The maximum Gasteiger partial charge on any atom is 0.243 e. The molecule has 26 heavy (non-hydrogen) atoms. The van der Waals surface area contributed by atoms with Crippen molar-refractivity contribution < 1.29 is 12.8 Å². The van der Waals surface area contributed by atoms with Crippen molar-refractivity contribution in [1.29, 1.82) is 0 Å². The second-order valence-electron chi connectivity index (χ2n) is 5.99. The van der Waals surface area contributed by atoms with Crippen molar-refractivity contribution in [3.8, 4) is 0 Å². The topological polar surface area (TPSA) is 46.2 Å². The molecule has 0 spiro atoms. The zero-order chi connectivity index (χ0) is 18.4. The van der Waals surface area contributed by atoms with Crippen molar-refractivity contribution in [1.82, 2.24) is 4.72 Å². The molecule has 134 valence electrons. The highest BCUT2D eigenvalue weighted by molar-refractivity contribution is 7.89. The highest BCUT2D eigenvalue weighted by Crippen LogP contribution is 2.27. The number of benzene rings is 3. The highest BCUT2D eigenvalue weighted by atomic mass is 32.2. The zero-order valence-corrected chi connectivity index (χ0v) is 15.0. The molecular weight excluding hydrogens is 349 g/mol. The molecule has 5 heteroatoms. The van der Waals surface area contributed by atoms with Gasteiger partial charge in [0.05, 0.1) is 0 Å². The predicted molar refractivity (Wildman–Crippen MR) is 101 cm³/mol. The van der Waals surface area contributed by atoms with E-state index in [2.05, 4.69) is 4.72 Å². The van der Waals surface area contributed by atoms with Crippen LogP contribution in [0.5, 0.6) is 0 Å². The number of halogens is 1. The molecule has 0 aliphatic rings. The van der Waals surface area contributed by atoms with Gasteiger partial charge in [-0.1, -0.05) is 72.8 Å². The number of hydrogen-bond donors (Lipinski definition) is 1. The van der Waals surface area contributed by atoms with E-state index in [4.69, 9.17) is 0 Å². The highest BCUT2D eigenvalue weighted by Gasteiger charge is 2.20. The van der Waals surface area contributed by atoms with Gasteiger partial charge in [-0.25, -0.2) is 17.5 Å². The first-order valence-electron chi connectivity index (χ1n) is 8.42. The molecule has 0 atom stereocenters. The van der Waals surface area contributed by atoms with E-state index in [0.29, 0.717) is 6.42 Å². The zero-order valence-electron chi connectivity index (χ0n) is 14.2. The molecule has 0 radical (unpaired) electrons. The van der Waals surface area contributed by atoms with Gasteiger partial charge in [-0.05, 0) is 29.7 Å². The van der Waals surface area contributed by atoms with Crippen LogP contribution in [0.3, 0.4) is 0 Å². The van der Waals surface area contributed by atoms with Gasteiger partial charge >= 0.3 is 0 Å².